The molecule has 0 fully saturated rings. The van der Waals surface area contributed by atoms with Crippen molar-refractivity contribution in [1.29, 1.82) is 0 Å². The second-order valence-electron chi connectivity index (χ2n) is 4.68. The molecular formula is C15H20N4O. The highest BCUT2D eigenvalue weighted by Gasteiger charge is 2.01. The summed E-state index contributed by atoms with van der Waals surface area (Å²) in [6.45, 7) is 2.10. The van der Waals surface area contributed by atoms with Gasteiger partial charge in [-0.1, -0.05) is 24.3 Å². The molecule has 0 aliphatic heterocycles. The number of carbonyl (C=O) groups is 1. The van der Waals surface area contributed by atoms with Crippen LogP contribution in [-0.4, -0.2) is 29.1 Å². The minimum Gasteiger partial charge on any atom is -0.352 e. The lowest BCUT2D eigenvalue weighted by molar-refractivity contribution is -0.121. The van der Waals surface area contributed by atoms with E-state index in [0.29, 0.717) is 19.5 Å². The minimum atomic E-state index is 0.0712. The number of benzene rings is 1. The lowest BCUT2D eigenvalue weighted by Gasteiger charge is -2.07. The molecule has 1 aromatic heterocycles. The summed E-state index contributed by atoms with van der Waals surface area (Å²) >= 11 is 0. The van der Waals surface area contributed by atoms with Gasteiger partial charge in [-0.15, -0.1) is 0 Å². The molecule has 1 amide bonds. The molecule has 2 N–H and O–H groups in total. The highest BCUT2D eigenvalue weighted by molar-refractivity contribution is 5.76. The van der Waals surface area contributed by atoms with Crippen molar-refractivity contribution in [1.82, 2.24) is 20.2 Å². The molecule has 0 spiro atoms. The van der Waals surface area contributed by atoms with Crippen molar-refractivity contribution in [2.24, 2.45) is 0 Å². The van der Waals surface area contributed by atoms with Gasteiger partial charge in [-0.25, -0.2) is 4.98 Å². The molecule has 0 aliphatic carbocycles. The number of carbonyl (C=O) groups excluding carboxylic acids is 1. The first-order valence-corrected chi connectivity index (χ1v) is 6.73. The number of amides is 1. The molecule has 106 valence electrons. The summed E-state index contributed by atoms with van der Waals surface area (Å²) in [5.74, 6) is 0.0712. The van der Waals surface area contributed by atoms with Crippen LogP contribution in [0.1, 0.15) is 17.5 Å². The summed E-state index contributed by atoms with van der Waals surface area (Å²) in [5.41, 5.74) is 2.32. The summed E-state index contributed by atoms with van der Waals surface area (Å²) in [6, 6.07) is 8.25. The molecule has 1 heterocycles. The molecule has 0 saturated carbocycles. The number of imidazole rings is 1. The van der Waals surface area contributed by atoms with Crippen molar-refractivity contribution in [3.63, 3.8) is 0 Å². The molecule has 0 saturated heterocycles. The van der Waals surface area contributed by atoms with Gasteiger partial charge in [0.05, 0.1) is 6.33 Å². The average molecular weight is 272 g/mol. The van der Waals surface area contributed by atoms with E-state index in [9.17, 15) is 4.79 Å². The Hall–Kier alpha value is -2.14. The molecule has 2 aromatic rings. The second-order valence-corrected chi connectivity index (χ2v) is 4.68. The van der Waals surface area contributed by atoms with E-state index in [1.54, 1.807) is 12.5 Å². The summed E-state index contributed by atoms with van der Waals surface area (Å²) in [4.78, 5) is 15.5. The van der Waals surface area contributed by atoms with Crippen molar-refractivity contribution in [2.45, 2.75) is 19.5 Å². The quantitative estimate of drug-likeness (QED) is 0.795. The maximum atomic E-state index is 11.5. The summed E-state index contributed by atoms with van der Waals surface area (Å²) in [5, 5.41) is 5.86. The normalized spacial score (nSPS) is 10.4. The fraction of sp³-hybridized carbons (Fsp3) is 0.333. The predicted octanol–water partition coefficient (Wildman–Crippen LogP) is 1.16. The van der Waals surface area contributed by atoms with Gasteiger partial charge in [-0.05, 0) is 18.2 Å². The Kier molecular flexibility index (Phi) is 5.32. The van der Waals surface area contributed by atoms with Crippen LogP contribution in [0.2, 0.25) is 0 Å². The van der Waals surface area contributed by atoms with E-state index < -0.39 is 0 Å². The van der Waals surface area contributed by atoms with Crippen LogP contribution in [0.4, 0.5) is 0 Å². The lowest BCUT2D eigenvalue weighted by atomic mass is 10.1. The van der Waals surface area contributed by atoms with Gasteiger partial charge in [-0.3, -0.25) is 4.79 Å². The van der Waals surface area contributed by atoms with Crippen molar-refractivity contribution in [3.05, 3.63) is 54.1 Å². The van der Waals surface area contributed by atoms with E-state index in [1.807, 2.05) is 29.9 Å². The third-order valence-electron chi connectivity index (χ3n) is 3.04. The number of nitrogens with one attached hydrogen (secondary N) is 2. The Labute approximate surface area is 119 Å². The monoisotopic (exact) mass is 272 g/mol. The zero-order chi connectivity index (χ0) is 14.2. The molecule has 0 radical (unpaired) electrons. The van der Waals surface area contributed by atoms with Crippen molar-refractivity contribution in [2.75, 3.05) is 13.6 Å². The Morgan fingerprint density at radius 2 is 2.00 bits per heavy atom. The molecule has 2 rings (SSSR count). The minimum absolute atomic E-state index is 0.0712. The highest BCUT2D eigenvalue weighted by atomic mass is 16.1. The van der Waals surface area contributed by atoms with Crippen molar-refractivity contribution in [3.8, 4) is 0 Å². The lowest BCUT2D eigenvalue weighted by Crippen LogP contribution is -2.26. The smallest absolute Gasteiger partial charge is 0.221 e. The molecule has 5 heteroatoms. The van der Waals surface area contributed by atoms with Crippen molar-refractivity contribution < 1.29 is 4.79 Å². The standard InChI is InChI=1S/C15H20N4O/c1-16-7-6-15(20)18-10-13-2-4-14(5-3-13)11-19-9-8-17-12-19/h2-5,8-9,12,16H,6-7,10-11H2,1H3,(H,18,20). The topological polar surface area (TPSA) is 59.0 Å². The molecule has 0 atom stereocenters. The Balaban J connectivity index is 1.81. The zero-order valence-electron chi connectivity index (χ0n) is 11.7. The van der Waals surface area contributed by atoms with Gasteiger partial charge in [0.1, 0.15) is 0 Å². The van der Waals surface area contributed by atoms with E-state index in [0.717, 1.165) is 12.1 Å². The first kappa shape index (κ1) is 14.3. The van der Waals surface area contributed by atoms with Gasteiger partial charge in [0.25, 0.3) is 0 Å². The molecule has 0 aliphatic rings. The van der Waals surface area contributed by atoms with Crippen LogP contribution in [0.25, 0.3) is 0 Å². The van der Waals surface area contributed by atoms with Crippen molar-refractivity contribution >= 4 is 5.91 Å². The van der Waals surface area contributed by atoms with Gasteiger partial charge < -0.3 is 15.2 Å². The number of rotatable bonds is 7. The fourth-order valence-corrected chi connectivity index (χ4v) is 1.88. The second kappa shape index (κ2) is 7.45. The first-order valence-electron chi connectivity index (χ1n) is 6.73. The highest BCUT2D eigenvalue weighted by Crippen LogP contribution is 2.06. The van der Waals surface area contributed by atoms with Gasteiger partial charge in [-0.2, -0.15) is 0 Å². The maximum absolute atomic E-state index is 11.5. The molecule has 0 unspecified atom stereocenters. The van der Waals surface area contributed by atoms with Crippen LogP contribution >= 0.6 is 0 Å². The molecule has 0 bridgehead atoms. The molecule has 5 nitrogen and oxygen atoms in total. The van der Waals surface area contributed by atoms with Crippen LogP contribution in [-0.2, 0) is 17.9 Å². The number of hydrogen-bond donors (Lipinski definition) is 2. The van der Waals surface area contributed by atoms with Crippen LogP contribution in [0, 0.1) is 0 Å². The van der Waals surface area contributed by atoms with E-state index in [-0.39, 0.29) is 5.91 Å². The summed E-state index contributed by atoms with van der Waals surface area (Å²) in [6.07, 6.45) is 6.02. The average Bonchev–Trinajstić information content (AvgIpc) is 2.97. The largest absolute Gasteiger partial charge is 0.352 e. The SMILES string of the molecule is CNCCC(=O)NCc1ccc(Cn2ccnc2)cc1. The third-order valence-corrected chi connectivity index (χ3v) is 3.04. The number of aromatic nitrogens is 2. The van der Waals surface area contributed by atoms with E-state index in [4.69, 9.17) is 0 Å². The Morgan fingerprint density at radius 1 is 1.25 bits per heavy atom. The maximum Gasteiger partial charge on any atom is 0.221 e. The van der Waals surface area contributed by atoms with Gasteiger partial charge in [0.15, 0.2) is 0 Å². The molecular weight excluding hydrogens is 252 g/mol. The number of nitrogens with zero attached hydrogens (tertiary/aromatic N) is 2. The van der Waals surface area contributed by atoms with Gasteiger partial charge in [0.2, 0.25) is 5.91 Å². The zero-order valence-corrected chi connectivity index (χ0v) is 11.7. The van der Waals surface area contributed by atoms with E-state index >= 15 is 0 Å². The summed E-state index contributed by atoms with van der Waals surface area (Å²) < 4.78 is 2.02. The fourth-order valence-electron chi connectivity index (χ4n) is 1.88. The predicted molar refractivity (Wildman–Crippen MR) is 78.2 cm³/mol. The van der Waals surface area contributed by atoms with Crippen LogP contribution in [0.5, 0.6) is 0 Å². The first-order chi connectivity index (χ1) is 9.78. The Bertz CT molecular complexity index is 519. The Morgan fingerprint density at radius 3 is 2.65 bits per heavy atom. The number of hydrogen-bond acceptors (Lipinski definition) is 3. The van der Waals surface area contributed by atoms with Crippen LogP contribution in [0.3, 0.4) is 0 Å². The molecule has 20 heavy (non-hydrogen) atoms. The van der Waals surface area contributed by atoms with E-state index in [2.05, 4.69) is 27.8 Å². The van der Waals surface area contributed by atoms with Crippen LogP contribution < -0.4 is 10.6 Å². The van der Waals surface area contributed by atoms with Gasteiger partial charge in [0, 0.05) is 38.4 Å². The summed E-state index contributed by atoms with van der Waals surface area (Å²) in [7, 11) is 1.84. The third kappa shape index (κ3) is 4.51. The van der Waals surface area contributed by atoms with Gasteiger partial charge >= 0.3 is 0 Å². The van der Waals surface area contributed by atoms with E-state index in [1.165, 1.54) is 5.56 Å². The molecule has 1 aromatic carbocycles. The van der Waals surface area contributed by atoms with Crippen LogP contribution in [0.15, 0.2) is 43.0 Å².